The highest BCUT2D eigenvalue weighted by Gasteiger charge is 2.20. The fraction of sp³-hybridized carbons (Fsp3) is 0.381. The van der Waals surface area contributed by atoms with Gasteiger partial charge in [0.15, 0.2) is 17.5 Å². The summed E-state index contributed by atoms with van der Waals surface area (Å²) in [6, 6.07) is 9.06. The number of nitrogens with zero attached hydrogens (tertiary/aromatic N) is 1. The maximum atomic E-state index is 12.8. The second-order valence-corrected chi connectivity index (χ2v) is 6.61. The van der Waals surface area contributed by atoms with Crippen LogP contribution in [0.25, 0.3) is 0 Å². The lowest BCUT2D eigenvalue weighted by Crippen LogP contribution is -2.38. The second-order valence-electron chi connectivity index (χ2n) is 6.61. The van der Waals surface area contributed by atoms with Crippen LogP contribution in [0, 0.1) is 6.92 Å². The van der Waals surface area contributed by atoms with Crippen LogP contribution < -0.4 is 29.6 Å². The van der Waals surface area contributed by atoms with E-state index in [0.717, 1.165) is 23.3 Å². The molecule has 1 aliphatic heterocycles. The van der Waals surface area contributed by atoms with E-state index < -0.39 is 6.61 Å². The quantitative estimate of drug-likeness (QED) is 0.296. The molecular formula is C21H26F2IN3O4. The molecule has 0 aliphatic carbocycles. The van der Waals surface area contributed by atoms with E-state index in [-0.39, 0.29) is 43.1 Å². The molecule has 1 aliphatic rings. The highest BCUT2D eigenvalue weighted by molar-refractivity contribution is 14.0. The van der Waals surface area contributed by atoms with Crippen LogP contribution in [-0.4, -0.2) is 40.1 Å². The van der Waals surface area contributed by atoms with Crippen molar-refractivity contribution in [2.24, 2.45) is 4.99 Å². The first kappa shape index (κ1) is 24.8. The van der Waals surface area contributed by atoms with Crippen LogP contribution in [0.1, 0.15) is 16.7 Å². The predicted molar refractivity (Wildman–Crippen MR) is 124 cm³/mol. The minimum atomic E-state index is -2.94. The van der Waals surface area contributed by atoms with Crippen molar-refractivity contribution in [3.63, 3.8) is 0 Å². The Hall–Kier alpha value is -2.50. The number of ether oxygens (including phenoxy) is 4. The van der Waals surface area contributed by atoms with Gasteiger partial charge >= 0.3 is 6.61 Å². The number of alkyl halides is 2. The van der Waals surface area contributed by atoms with Gasteiger partial charge in [0.2, 0.25) is 6.79 Å². The van der Waals surface area contributed by atoms with Gasteiger partial charge in [0, 0.05) is 31.8 Å². The van der Waals surface area contributed by atoms with E-state index in [0.29, 0.717) is 29.6 Å². The normalized spacial score (nSPS) is 12.4. The molecular weight excluding hydrogens is 523 g/mol. The third kappa shape index (κ3) is 6.74. The van der Waals surface area contributed by atoms with Crippen LogP contribution in [-0.2, 0) is 13.0 Å². The van der Waals surface area contributed by atoms with Gasteiger partial charge in [0.25, 0.3) is 0 Å². The van der Waals surface area contributed by atoms with Gasteiger partial charge < -0.3 is 29.6 Å². The molecule has 0 fully saturated rings. The minimum Gasteiger partial charge on any atom is -0.496 e. The van der Waals surface area contributed by atoms with Crippen molar-refractivity contribution in [2.45, 2.75) is 26.5 Å². The molecule has 0 saturated carbocycles. The maximum Gasteiger partial charge on any atom is 0.387 e. The molecule has 7 nitrogen and oxygen atoms in total. The summed E-state index contributed by atoms with van der Waals surface area (Å²) in [6.45, 7) is -0.0358. The fourth-order valence-electron chi connectivity index (χ4n) is 3.13. The fourth-order valence-corrected chi connectivity index (χ4v) is 3.13. The van der Waals surface area contributed by atoms with Gasteiger partial charge in [-0.2, -0.15) is 8.78 Å². The SMILES string of the molecule is CN=C(NCCc1cc(C)ccc1OC)NCc1cc2c(cc1OC(F)F)OCO2.I. The van der Waals surface area contributed by atoms with Crippen LogP contribution in [0.2, 0.25) is 0 Å². The van der Waals surface area contributed by atoms with Crippen LogP contribution in [0.3, 0.4) is 0 Å². The Bertz CT molecular complexity index is 912. The molecule has 170 valence electrons. The average molecular weight is 549 g/mol. The molecule has 0 aromatic heterocycles. The highest BCUT2D eigenvalue weighted by atomic mass is 127. The van der Waals surface area contributed by atoms with Crippen molar-refractivity contribution in [3.05, 3.63) is 47.0 Å². The predicted octanol–water partition coefficient (Wildman–Crippen LogP) is 3.86. The lowest BCUT2D eigenvalue weighted by molar-refractivity contribution is -0.0505. The molecule has 10 heteroatoms. The number of nitrogens with one attached hydrogen (secondary N) is 2. The molecule has 0 unspecified atom stereocenters. The van der Waals surface area contributed by atoms with Gasteiger partial charge in [-0.05, 0) is 31.0 Å². The molecule has 0 spiro atoms. The molecule has 31 heavy (non-hydrogen) atoms. The van der Waals surface area contributed by atoms with Gasteiger partial charge in [-0.1, -0.05) is 17.7 Å². The summed E-state index contributed by atoms with van der Waals surface area (Å²) in [7, 11) is 3.28. The Morgan fingerprint density at radius 2 is 1.84 bits per heavy atom. The molecule has 1 heterocycles. The Kier molecular flexibility index (Phi) is 9.41. The van der Waals surface area contributed by atoms with E-state index in [2.05, 4.69) is 26.4 Å². The van der Waals surface area contributed by atoms with Crippen molar-refractivity contribution in [3.8, 4) is 23.0 Å². The van der Waals surface area contributed by atoms with Crippen LogP contribution in [0.4, 0.5) is 8.78 Å². The van der Waals surface area contributed by atoms with E-state index in [1.165, 1.54) is 6.07 Å². The van der Waals surface area contributed by atoms with Gasteiger partial charge in [-0.3, -0.25) is 4.99 Å². The Morgan fingerprint density at radius 1 is 1.10 bits per heavy atom. The first-order valence-corrected chi connectivity index (χ1v) is 9.45. The summed E-state index contributed by atoms with van der Waals surface area (Å²) < 4.78 is 46.1. The van der Waals surface area contributed by atoms with Crippen molar-refractivity contribution in [1.82, 2.24) is 10.6 Å². The lowest BCUT2D eigenvalue weighted by Gasteiger charge is -2.16. The molecule has 2 N–H and O–H groups in total. The van der Waals surface area contributed by atoms with Crippen LogP contribution in [0.15, 0.2) is 35.3 Å². The van der Waals surface area contributed by atoms with Gasteiger partial charge in [0.1, 0.15) is 11.5 Å². The minimum absolute atomic E-state index is 0. The zero-order valence-electron chi connectivity index (χ0n) is 17.5. The van der Waals surface area contributed by atoms with E-state index in [1.807, 2.05) is 19.1 Å². The van der Waals surface area contributed by atoms with E-state index in [1.54, 1.807) is 20.2 Å². The largest absolute Gasteiger partial charge is 0.496 e. The summed E-state index contributed by atoms with van der Waals surface area (Å²) in [5.41, 5.74) is 2.74. The Morgan fingerprint density at radius 3 is 2.52 bits per heavy atom. The summed E-state index contributed by atoms with van der Waals surface area (Å²) in [5, 5.41) is 6.31. The zero-order chi connectivity index (χ0) is 21.5. The third-order valence-electron chi connectivity index (χ3n) is 4.56. The first-order valence-electron chi connectivity index (χ1n) is 9.45. The van der Waals surface area contributed by atoms with E-state index in [4.69, 9.17) is 14.2 Å². The molecule has 0 saturated heterocycles. The lowest BCUT2D eigenvalue weighted by atomic mass is 10.1. The molecule has 0 radical (unpaired) electrons. The summed E-state index contributed by atoms with van der Waals surface area (Å²) in [4.78, 5) is 4.18. The summed E-state index contributed by atoms with van der Waals surface area (Å²) >= 11 is 0. The highest BCUT2D eigenvalue weighted by Crippen LogP contribution is 2.38. The monoisotopic (exact) mass is 549 g/mol. The topological polar surface area (TPSA) is 73.3 Å². The van der Waals surface area contributed by atoms with Gasteiger partial charge in [-0.25, -0.2) is 0 Å². The molecule has 3 rings (SSSR count). The number of aliphatic imine (C=N–C) groups is 1. The molecule has 0 bridgehead atoms. The van der Waals surface area contributed by atoms with Crippen molar-refractivity contribution >= 4 is 29.9 Å². The third-order valence-corrected chi connectivity index (χ3v) is 4.56. The number of hydrogen-bond donors (Lipinski definition) is 2. The summed E-state index contributed by atoms with van der Waals surface area (Å²) in [5.74, 6) is 2.26. The van der Waals surface area contributed by atoms with E-state index >= 15 is 0 Å². The number of halogens is 3. The van der Waals surface area contributed by atoms with Crippen LogP contribution >= 0.6 is 24.0 Å². The second kappa shape index (κ2) is 11.8. The Balaban J connectivity index is 0.00000341. The number of hydrogen-bond acceptors (Lipinski definition) is 5. The van der Waals surface area contributed by atoms with Gasteiger partial charge in [-0.15, -0.1) is 24.0 Å². The standard InChI is InChI=1S/C21H25F2N3O4.HI/c1-13-4-5-16(27-3)14(8-13)6-7-25-21(24-2)26-11-15-9-18-19(29-12-28-18)10-17(15)30-20(22)23;/h4-5,8-10,20H,6-7,11-12H2,1-3H3,(H2,24,25,26);1H. The summed E-state index contributed by atoms with van der Waals surface area (Å²) in [6.07, 6.45) is 0.731. The molecule has 0 amide bonds. The van der Waals surface area contributed by atoms with Crippen molar-refractivity contribution in [2.75, 3.05) is 27.5 Å². The van der Waals surface area contributed by atoms with Crippen molar-refractivity contribution < 1.29 is 27.7 Å². The zero-order valence-corrected chi connectivity index (χ0v) is 19.9. The first-order chi connectivity index (χ1) is 14.5. The smallest absolute Gasteiger partial charge is 0.387 e. The maximum absolute atomic E-state index is 12.8. The average Bonchev–Trinajstić information content (AvgIpc) is 3.17. The number of methoxy groups -OCH3 is 1. The Labute approximate surface area is 197 Å². The number of guanidine groups is 1. The molecule has 2 aromatic carbocycles. The van der Waals surface area contributed by atoms with Crippen molar-refractivity contribution in [1.29, 1.82) is 0 Å². The number of rotatable bonds is 8. The number of benzene rings is 2. The molecule has 0 atom stereocenters. The number of fused-ring (bicyclic) bond motifs is 1. The van der Waals surface area contributed by atoms with Gasteiger partial charge in [0.05, 0.1) is 7.11 Å². The number of aryl methyl sites for hydroxylation is 1. The molecule has 2 aromatic rings. The van der Waals surface area contributed by atoms with Crippen LogP contribution in [0.5, 0.6) is 23.0 Å². The van der Waals surface area contributed by atoms with E-state index in [9.17, 15) is 8.78 Å².